The largest absolute Gasteiger partial charge is 0.497 e. The van der Waals surface area contributed by atoms with Gasteiger partial charge in [-0.25, -0.2) is 18.2 Å². The number of oxazole rings is 1. The van der Waals surface area contributed by atoms with Gasteiger partial charge in [-0.2, -0.15) is 0 Å². The first-order chi connectivity index (χ1) is 13.8. The topological polar surface area (TPSA) is 111 Å². The number of anilines is 1. The van der Waals surface area contributed by atoms with Gasteiger partial charge in [-0.15, -0.1) is 0 Å². The first-order valence-corrected chi connectivity index (χ1v) is 10.7. The highest BCUT2D eigenvalue weighted by molar-refractivity contribution is 7.90. The SMILES string of the molecule is COc1ccc(-c2nc(CCNC(=O)Nc3ccc(S(C)(=O)=O)cc3)co2)cc1. The van der Waals surface area contributed by atoms with Gasteiger partial charge in [0.2, 0.25) is 5.89 Å². The van der Waals surface area contributed by atoms with Gasteiger partial charge in [0.1, 0.15) is 12.0 Å². The van der Waals surface area contributed by atoms with Crippen LogP contribution < -0.4 is 15.4 Å². The molecule has 0 aliphatic carbocycles. The summed E-state index contributed by atoms with van der Waals surface area (Å²) in [7, 11) is -1.66. The molecule has 0 spiro atoms. The van der Waals surface area contributed by atoms with Crippen molar-refractivity contribution in [1.29, 1.82) is 0 Å². The van der Waals surface area contributed by atoms with Crippen molar-refractivity contribution in [3.8, 4) is 17.2 Å². The summed E-state index contributed by atoms with van der Waals surface area (Å²) in [6.07, 6.45) is 3.19. The summed E-state index contributed by atoms with van der Waals surface area (Å²) in [6.45, 7) is 0.363. The van der Waals surface area contributed by atoms with E-state index in [1.807, 2.05) is 24.3 Å². The minimum absolute atomic E-state index is 0.196. The van der Waals surface area contributed by atoms with Gasteiger partial charge in [0, 0.05) is 30.5 Å². The number of ether oxygens (including phenoxy) is 1. The molecule has 29 heavy (non-hydrogen) atoms. The molecule has 0 bridgehead atoms. The Labute approximate surface area is 168 Å². The summed E-state index contributed by atoms with van der Waals surface area (Å²) in [5.74, 6) is 1.25. The lowest BCUT2D eigenvalue weighted by atomic mass is 10.2. The number of nitrogens with zero attached hydrogens (tertiary/aromatic N) is 1. The third-order valence-electron chi connectivity index (χ3n) is 4.10. The number of carbonyl (C=O) groups excluding carboxylic acids is 1. The smallest absolute Gasteiger partial charge is 0.319 e. The Morgan fingerprint density at radius 2 is 1.79 bits per heavy atom. The van der Waals surface area contributed by atoms with Crippen LogP contribution in [0.15, 0.2) is 64.1 Å². The van der Waals surface area contributed by atoms with E-state index >= 15 is 0 Å². The first-order valence-electron chi connectivity index (χ1n) is 8.79. The Morgan fingerprint density at radius 1 is 1.10 bits per heavy atom. The maximum Gasteiger partial charge on any atom is 0.319 e. The maximum absolute atomic E-state index is 12.0. The quantitative estimate of drug-likeness (QED) is 0.613. The number of methoxy groups -OCH3 is 1. The van der Waals surface area contributed by atoms with E-state index in [4.69, 9.17) is 9.15 Å². The molecule has 0 saturated carbocycles. The molecule has 0 unspecified atom stereocenters. The van der Waals surface area contributed by atoms with E-state index < -0.39 is 15.9 Å². The van der Waals surface area contributed by atoms with Crippen molar-refractivity contribution in [2.45, 2.75) is 11.3 Å². The van der Waals surface area contributed by atoms with Gasteiger partial charge < -0.3 is 19.8 Å². The van der Waals surface area contributed by atoms with Crippen LogP contribution >= 0.6 is 0 Å². The third-order valence-corrected chi connectivity index (χ3v) is 5.22. The molecule has 0 aliphatic rings. The molecule has 0 atom stereocenters. The molecule has 9 heteroatoms. The molecular formula is C20H21N3O5S. The Kier molecular flexibility index (Phi) is 6.18. The summed E-state index contributed by atoms with van der Waals surface area (Å²) < 4.78 is 33.5. The fourth-order valence-corrected chi connectivity index (χ4v) is 3.18. The number of benzene rings is 2. The van der Waals surface area contributed by atoms with Crippen LogP contribution in [0.25, 0.3) is 11.5 Å². The molecule has 0 aliphatic heterocycles. The molecule has 0 saturated heterocycles. The number of urea groups is 1. The normalized spacial score (nSPS) is 11.1. The second kappa shape index (κ2) is 8.78. The number of hydrogen-bond acceptors (Lipinski definition) is 6. The van der Waals surface area contributed by atoms with Gasteiger partial charge in [0.25, 0.3) is 0 Å². The van der Waals surface area contributed by atoms with Crippen LogP contribution in [0.5, 0.6) is 5.75 Å². The van der Waals surface area contributed by atoms with Crippen molar-refractivity contribution in [3.63, 3.8) is 0 Å². The molecule has 3 aromatic rings. The van der Waals surface area contributed by atoms with Gasteiger partial charge in [0.15, 0.2) is 9.84 Å². The van der Waals surface area contributed by atoms with Crippen LogP contribution in [0.2, 0.25) is 0 Å². The lowest BCUT2D eigenvalue weighted by molar-refractivity contribution is 0.252. The van der Waals surface area contributed by atoms with Gasteiger partial charge in [0.05, 0.1) is 17.7 Å². The molecule has 2 amide bonds. The highest BCUT2D eigenvalue weighted by atomic mass is 32.2. The second-order valence-corrected chi connectivity index (χ2v) is 8.32. The van der Waals surface area contributed by atoms with Gasteiger partial charge in [-0.1, -0.05) is 0 Å². The Hall–Kier alpha value is -3.33. The molecule has 0 radical (unpaired) electrons. The van der Waals surface area contributed by atoms with E-state index in [1.165, 1.54) is 24.3 Å². The number of rotatable bonds is 7. The third kappa shape index (κ3) is 5.58. The lowest BCUT2D eigenvalue weighted by Crippen LogP contribution is -2.30. The highest BCUT2D eigenvalue weighted by Gasteiger charge is 2.09. The van der Waals surface area contributed by atoms with Gasteiger partial charge in [-0.05, 0) is 48.5 Å². The zero-order valence-corrected chi connectivity index (χ0v) is 16.8. The summed E-state index contributed by atoms with van der Waals surface area (Å²) in [5, 5.41) is 5.37. The van der Waals surface area contributed by atoms with E-state index in [9.17, 15) is 13.2 Å². The molecule has 1 aromatic heterocycles. The number of nitrogens with one attached hydrogen (secondary N) is 2. The highest BCUT2D eigenvalue weighted by Crippen LogP contribution is 2.21. The van der Waals surface area contributed by atoms with Crippen molar-refractivity contribution in [1.82, 2.24) is 10.3 Å². The Morgan fingerprint density at radius 3 is 2.41 bits per heavy atom. The second-order valence-electron chi connectivity index (χ2n) is 6.30. The van der Waals surface area contributed by atoms with Gasteiger partial charge >= 0.3 is 6.03 Å². The Bertz CT molecular complexity index is 1070. The first kappa shape index (κ1) is 20.4. The van der Waals surface area contributed by atoms with Crippen LogP contribution in [0.1, 0.15) is 5.69 Å². The average molecular weight is 415 g/mol. The van der Waals surface area contributed by atoms with Gasteiger partial charge in [-0.3, -0.25) is 0 Å². The monoisotopic (exact) mass is 415 g/mol. The molecule has 2 N–H and O–H groups in total. The van der Waals surface area contributed by atoms with Crippen molar-refractivity contribution >= 4 is 21.6 Å². The molecular weight excluding hydrogens is 394 g/mol. The predicted octanol–water partition coefficient (Wildman–Crippen LogP) is 3.12. The van der Waals surface area contributed by atoms with E-state index in [1.54, 1.807) is 13.4 Å². The molecule has 3 rings (SSSR count). The van der Waals surface area contributed by atoms with Crippen molar-refractivity contribution < 1.29 is 22.4 Å². The number of carbonyl (C=O) groups is 1. The fourth-order valence-electron chi connectivity index (χ4n) is 2.55. The molecule has 0 fully saturated rings. The van der Waals surface area contributed by atoms with E-state index in [0.717, 1.165) is 17.6 Å². The molecule has 1 heterocycles. The lowest BCUT2D eigenvalue weighted by Gasteiger charge is -2.07. The number of amides is 2. The van der Waals surface area contributed by atoms with Crippen molar-refractivity contribution in [2.24, 2.45) is 0 Å². The Balaban J connectivity index is 1.48. The summed E-state index contributed by atoms with van der Waals surface area (Å²) in [4.78, 5) is 16.6. The standard InChI is InChI=1S/C20H21N3O5S/c1-27-17-7-3-14(4-8-17)19-22-16(13-28-19)11-12-21-20(24)23-15-5-9-18(10-6-15)29(2,25)26/h3-10,13H,11-12H2,1-2H3,(H2,21,23,24). The van der Waals surface area contributed by atoms with Crippen LogP contribution in [0, 0.1) is 0 Å². The molecule has 152 valence electrons. The fraction of sp³-hybridized carbons (Fsp3) is 0.200. The van der Waals surface area contributed by atoms with Crippen molar-refractivity contribution in [2.75, 3.05) is 25.2 Å². The van der Waals surface area contributed by atoms with Crippen LogP contribution in [0.4, 0.5) is 10.5 Å². The number of aromatic nitrogens is 1. The van der Waals surface area contributed by atoms with Crippen molar-refractivity contribution in [3.05, 3.63) is 60.5 Å². The van der Waals surface area contributed by atoms with Crippen LogP contribution in [0.3, 0.4) is 0 Å². The number of sulfone groups is 1. The average Bonchev–Trinajstić information content (AvgIpc) is 3.16. The predicted molar refractivity (Wildman–Crippen MR) is 109 cm³/mol. The minimum Gasteiger partial charge on any atom is -0.497 e. The summed E-state index contributed by atoms with van der Waals surface area (Å²) in [5.41, 5.74) is 2.05. The van der Waals surface area contributed by atoms with E-state index in [2.05, 4.69) is 15.6 Å². The molecule has 2 aromatic carbocycles. The zero-order chi connectivity index (χ0) is 20.9. The van der Waals surface area contributed by atoms with E-state index in [0.29, 0.717) is 30.2 Å². The van der Waals surface area contributed by atoms with Crippen LogP contribution in [-0.2, 0) is 16.3 Å². The zero-order valence-electron chi connectivity index (χ0n) is 16.0. The van der Waals surface area contributed by atoms with E-state index in [-0.39, 0.29) is 4.90 Å². The number of hydrogen-bond donors (Lipinski definition) is 2. The summed E-state index contributed by atoms with van der Waals surface area (Å²) in [6, 6.07) is 12.9. The van der Waals surface area contributed by atoms with Crippen LogP contribution in [-0.4, -0.2) is 39.3 Å². The maximum atomic E-state index is 12.0. The molecule has 8 nitrogen and oxygen atoms in total. The summed E-state index contributed by atoms with van der Waals surface area (Å²) >= 11 is 0. The minimum atomic E-state index is -3.27.